The first kappa shape index (κ1) is 17.9. The summed E-state index contributed by atoms with van der Waals surface area (Å²) >= 11 is 0. The SMILES string of the molecule is CN1CCC(CCNC(=O)C2(CC(=O)O)Cc3ccccc3C2)CC1. The van der Waals surface area contributed by atoms with Gasteiger partial charge in [-0.25, -0.2) is 0 Å². The molecule has 136 valence electrons. The molecule has 0 radical (unpaired) electrons. The predicted octanol–water partition coefficient (Wildman–Crippen LogP) is 2.09. The minimum Gasteiger partial charge on any atom is -0.481 e. The molecule has 3 rings (SSSR count). The lowest BCUT2D eigenvalue weighted by Gasteiger charge is -2.30. The third-order valence-corrected chi connectivity index (χ3v) is 5.82. The van der Waals surface area contributed by atoms with Gasteiger partial charge in [0.15, 0.2) is 0 Å². The second kappa shape index (κ2) is 7.56. The molecule has 5 heteroatoms. The Labute approximate surface area is 149 Å². The van der Waals surface area contributed by atoms with Crippen LogP contribution in [0, 0.1) is 11.3 Å². The minimum absolute atomic E-state index is 0.0981. The number of nitrogens with zero attached hydrogens (tertiary/aromatic N) is 1. The second-order valence-corrected chi connectivity index (χ2v) is 7.76. The van der Waals surface area contributed by atoms with E-state index in [-0.39, 0.29) is 12.3 Å². The molecule has 0 bridgehead atoms. The molecule has 1 amide bonds. The first-order valence-electron chi connectivity index (χ1n) is 9.24. The first-order chi connectivity index (χ1) is 12.0. The van der Waals surface area contributed by atoms with E-state index in [1.54, 1.807) is 0 Å². The minimum atomic E-state index is -0.904. The van der Waals surface area contributed by atoms with Crippen LogP contribution in [-0.4, -0.2) is 48.6 Å². The maximum absolute atomic E-state index is 12.9. The molecule has 5 nitrogen and oxygen atoms in total. The molecule has 0 saturated carbocycles. The maximum atomic E-state index is 12.9. The van der Waals surface area contributed by atoms with Gasteiger partial charge in [-0.1, -0.05) is 24.3 Å². The normalized spacial score (nSPS) is 20.2. The topological polar surface area (TPSA) is 69.6 Å². The van der Waals surface area contributed by atoms with Gasteiger partial charge in [-0.15, -0.1) is 0 Å². The zero-order valence-electron chi connectivity index (χ0n) is 15.0. The van der Waals surface area contributed by atoms with Crippen LogP contribution in [0.25, 0.3) is 0 Å². The second-order valence-electron chi connectivity index (χ2n) is 7.76. The van der Waals surface area contributed by atoms with Crippen LogP contribution in [0.4, 0.5) is 0 Å². The van der Waals surface area contributed by atoms with Gasteiger partial charge in [0.1, 0.15) is 0 Å². The Balaban J connectivity index is 1.58. The Morgan fingerprint density at radius 2 is 1.80 bits per heavy atom. The van der Waals surface area contributed by atoms with Gasteiger partial charge in [0.25, 0.3) is 0 Å². The summed E-state index contributed by atoms with van der Waals surface area (Å²) in [5.74, 6) is -0.343. The lowest BCUT2D eigenvalue weighted by atomic mass is 9.80. The Hall–Kier alpha value is -1.88. The van der Waals surface area contributed by atoms with Gasteiger partial charge in [0.2, 0.25) is 5.91 Å². The maximum Gasteiger partial charge on any atom is 0.304 e. The molecule has 1 fully saturated rings. The number of hydrogen-bond acceptors (Lipinski definition) is 3. The van der Waals surface area contributed by atoms with Gasteiger partial charge >= 0.3 is 5.97 Å². The smallest absolute Gasteiger partial charge is 0.304 e. The molecular weight excluding hydrogens is 316 g/mol. The number of benzene rings is 1. The van der Waals surface area contributed by atoms with Gasteiger partial charge in [0, 0.05) is 6.54 Å². The number of carbonyl (C=O) groups excluding carboxylic acids is 1. The zero-order valence-corrected chi connectivity index (χ0v) is 15.0. The van der Waals surface area contributed by atoms with Crippen molar-refractivity contribution in [2.75, 3.05) is 26.7 Å². The number of likely N-dealkylation sites (tertiary alicyclic amines) is 1. The van der Waals surface area contributed by atoms with Crippen molar-refractivity contribution in [3.05, 3.63) is 35.4 Å². The van der Waals surface area contributed by atoms with E-state index in [2.05, 4.69) is 17.3 Å². The monoisotopic (exact) mass is 344 g/mol. The number of carboxylic acid groups (broad SMARTS) is 1. The lowest BCUT2D eigenvalue weighted by molar-refractivity contribution is -0.145. The summed E-state index contributed by atoms with van der Waals surface area (Å²) < 4.78 is 0. The molecule has 25 heavy (non-hydrogen) atoms. The van der Waals surface area contributed by atoms with Crippen LogP contribution >= 0.6 is 0 Å². The molecule has 1 saturated heterocycles. The molecule has 1 heterocycles. The summed E-state index contributed by atoms with van der Waals surface area (Å²) in [6.45, 7) is 2.89. The average Bonchev–Trinajstić information content (AvgIpc) is 2.95. The van der Waals surface area contributed by atoms with E-state index >= 15 is 0 Å². The van der Waals surface area contributed by atoms with Gasteiger partial charge in [-0.3, -0.25) is 9.59 Å². The first-order valence-corrected chi connectivity index (χ1v) is 9.24. The van der Waals surface area contributed by atoms with E-state index in [9.17, 15) is 14.7 Å². The summed E-state index contributed by atoms with van der Waals surface area (Å²) in [4.78, 5) is 26.6. The summed E-state index contributed by atoms with van der Waals surface area (Å²) in [7, 11) is 2.14. The molecule has 0 spiro atoms. The number of rotatable bonds is 6. The predicted molar refractivity (Wildman–Crippen MR) is 96.4 cm³/mol. The van der Waals surface area contributed by atoms with E-state index in [0.717, 1.165) is 30.6 Å². The summed E-state index contributed by atoms with van der Waals surface area (Å²) in [6.07, 6.45) is 4.28. The van der Waals surface area contributed by atoms with Gasteiger partial charge in [0.05, 0.1) is 11.8 Å². The van der Waals surface area contributed by atoms with Crippen LogP contribution in [0.5, 0.6) is 0 Å². The molecule has 2 aliphatic rings. The molecule has 1 aromatic carbocycles. The van der Waals surface area contributed by atoms with Crippen LogP contribution in [0.3, 0.4) is 0 Å². The van der Waals surface area contributed by atoms with Crippen LogP contribution in [0.15, 0.2) is 24.3 Å². The molecule has 0 unspecified atom stereocenters. The molecule has 1 aliphatic heterocycles. The standard InChI is InChI=1S/C20H28N2O3/c1-22-10-7-15(8-11-22)6-9-21-19(25)20(14-18(23)24)12-16-4-2-3-5-17(16)13-20/h2-5,15H,6-14H2,1H3,(H,21,25)(H,23,24). The fourth-order valence-corrected chi connectivity index (χ4v) is 4.28. The number of fused-ring (bicyclic) bond motifs is 1. The Kier molecular flexibility index (Phi) is 5.42. The van der Waals surface area contributed by atoms with Crippen molar-refractivity contribution < 1.29 is 14.7 Å². The van der Waals surface area contributed by atoms with Crippen LogP contribution in [0.2, 0.25) is 0 Å². The van der Waals surface area contributed by atoms with Crippen LogP contribution in [0.1, 0.15) is 36.8 Å². The van der Waals surface area contributed by atoms with E-state index in [0.29, 0.717) is 25.3 Å². The lowest BCUT2D eigenvalue weighted by Crippen LogP contribution is -2.44. The summed E-state index contributed by atoms with van der Waals surface area (Å²) in [6, 6.07) is 7.91. The third kappa shape index (κ3) is 4.21. The molecule has 0 atom stereocenters. The molecule has 1 aromatic rings. The molecule has 1 aliphatic carbocycles. The highest BCUT2D eigenvalue weighted by Gasteiger charge is 2.45. The van der Waals surface area contributed by atoms with Crippen molar-refractivity contribution in [1.82, 2.24) is 10.2 Å². The average molecular weight is 344 g/mol. The Morgan fingerprint density at radius 1 is 1.20 bits per heavy atom. The van der Waals surface area contributed by atoms with E-state index in [1.165, 1.54) is 12.8 Å². The van der Waals surface area contributed by atoms with E-state index < -0.39 is 11.4 Å². The zero-order chi connectivity index (χ0) is 17.9. The highest BCUT2D eigenvalue weighted by atomic mass is 16.4. The summed E-state index contributed by atoms with van der Waals surface area (Å²) in [5, 5.41) is 12.4. The molecule has 0 aromatic heterocycles. The van der Waals surface area contributed by atoms with E-state index in [4.69, 9.17) is 0 Å². The number of hydrogen-bond donors (Lipinski definition) is 2. The van der Waals surface area contributed by atoms with Gasteiger partial charge in [-0.2, -0.15) is 0 Å². The van der Waals surface area contributed by atoms with Crippen molar-refractivity contribution in [2.24, 2.45) is 11.3 Å². The van der Waals surface area contributed by atoms with Crippen molar-refractivity contribution >= 4 is 11.9 Å². The Bertz CT molecular complexity index is 611. The third-order valence-electron chi connectivity index (χ3n) is 5.82. The highest BCUT2D eigenvalue weighted by Crippen LogP contribution is 2.40. The number of carbonyl (C=O) groups is 2. The number of aliphatic carboxylic acids is 1. The van der Waals surface area contributed by atoms with Crippen LogP contribution in [-0.2, 0) is 22.4 Å². The van der Waals surface area contributed by atoms with Gasteiger partial charge in [-0.05, 0) is 69.3 Å². The number of carboxylic acids is 1. The summed E-state index contributed by atoms with van der Waals surface area (Å²) in [5.41, 5.74) is 1.38. The van der Waals surface area contributed by atoms with Crippen molar-refractivity contribution in [2.45, 2.75) is 38.5 Å². The molecule has 2 N–H and O–H groups in total. The quantitative estimate of drug-likeness (QED) is 0.829. The number of nitrogens with one attached hydrogen (secondary N) is 1. The highest BCUT2D eigenvalue weighted by molar-refractivity contribution is 5.88. The molecular formula is C20H28N2O3. The van der Waals surface area contributed by atoms with Gasteiger partial charge < -0.3 is 15.3 Å². The van der Waals surface area contributed by atoms with Crippen molar-refractivity contribution in [3.63, 3.8) is 0 Å². The van der Waals surface area contributed by atoms with Crippen LogP contribution < -0.4 is 5.32 Å². The number of amides is 1. The fraction of sp³-hybridized carbons (Fsp3) is 0.600. The Morgan fingerprint density at radius 3 is 2.36 bits per heavy atom. The largest absolute Gasteiger partial charge is 0.481 e. The number of piperidine rings is 1. The van der Waals surface area contributed by atoms with E-state index in [1.807, 2.05) is 24.3 Å². The van der Waals surface area contributed by atoms with Crippen molar-refractivity contribution in [3.8, 4) is 0 Å². The van der Waals surface area contributed by atoms with Crippen molar-refractivity contribution in [1.29, 1.82) is 0 Å². The fourth-order valence-electron chi connectivity index (χ4n) is 4.28.